The Bertz CT molecular complexity index is 170. The number of aliphatic hydroxyl groups is 1. The fraction of sp³-hybridized carbons (Fsp3) is 0.625. The van der Waals surface area contributed by atoms with E-state index in [9.17, 15) is 9.90 Å². The van der Waals surface area contributed by atoms with Crippen molar-refractivity contribution in [2.24, 2.45) is 0 Å². The van der Waals surface area contributed by atoms with Crippen LogP contribution in [-0.2, 0) is 4.79 Å². The minimum atomic E-state index is -0.367. The standard InChI is InChI=1S/C8H12O2/c1-6-7(5-9)3-2-4-8(6)10/h5,8,10H,2-4H2,1H3. The Morgan fingerprint density at radius 2 is 2.40 bits per heavy atom. The van der Waals surface area contributed by atoms with E-state index in [1.54, 1.807) is 0 Å². The molecule has 2 nitrogen and oxygen atoms in total. The van der Waals surface area contributed by atoms with Crippen LogP contribution in [0.25, 0.3) is 0 Å². The summed E-state index contributed by atoms with van der Waals surface area (Å²) in [4.78, 5) is 10.3. The lowest BCUT2D eigenvalue weighted by Gasteiger charge is -2.18. The van der Waals surface area contributed by atoms with E-state index >= 15 is 0 Å². The third kappa shape index (κ3) is 1.27. The highest BCUT2D eigenvalue weighted by molar-refractivity contribution is 5.75. The van der Waals surface area contributed by atoms with Gasteiger partial charge in [-0.15, -0.1) is 0 Å². The van der Waals surface area contributed by atoms with Crippen LogP contribution in [0.5, 0.6) is 0 Å². The van der Waals surface area contributed by atoms with Crippen LogP contribution >= 0.6 is 0 Å². The van der Waals surface area contributed by atoms with Gasteiger partial charge in [-0.3, -0.25) is 4.79 Å². The zero-order valence-corrected chi connectivity index (χ0v) is 6.13. The van der Waals surface area contributed by atoms with Crippen LogP contribution in [0.3, 0.4) is 0 Å². The monoisotopic (exact) mass is 140 g/mol. The van der Waals surface area contributed by atoms with E-state index in [-0.39, 0.29) is 6.10 Å². The number of allylic oxidation sites excluding steroid dienone is 1. The van der Waals surface area contributed by atoms with Crippen molar-refractivity contribution in [1.82, 2.24) is 0 Å². The summed E-state index contributed by atoms with van der Waals surface area (Å²) >= 11 is 0. The van der Waals surface area contributed by atoms with Crippen molar-refractivity contribution in [3.63, 3.8) is 0 Å². The fourth-order valence-electron chi connectivity index (χ4n) is 1.27. The first-order valence-electron chi connectivity index (χ1n) is 3.58. The molecule has 0 saturated carbocycles. The molecule has 0 spiro atoms. The summed E-state index contributed by atoms with van der Waals surface area (Å²) < 4.78 is 0. The van der Waals surface area contributed by atoms with Gasteiger partial charge in [-0.25, -0.2) is 0 Å². The summed E-state index contributed by atoms with van der Waals surface area (Å²) in [7, 11) is 0. The second kappa shape index (κ2) is 2.97. The minimum absolute atomic E-state index is 0.367. The molecule has 1 aliphatic carbocycles. The minimum Gasteiger partial charge on any atom is -0.389 e. The van der Waals surface area contributed by atoms with Gasteiger partial charge >= 0.3 is 0 Å². The third-order valence-electron chi connectivity index (χ3n) is 2.07. The summed E-state index contributed by atoms with van der Waals surface area (Å²) in [5, 5.41) is 9.26. The third-order valence-corrected chi connectivity index (χ3v) is 2.07. The maximum absolute atomic E-state index is 10.3. The summed E-state index contributed by atoms with van der Waals surface area (Å²) in [5.74, 6) is 0. The van der Waals surface area contributed by atoms with Crippen molar-refractivity contribution in [3.05, 3.63) is 11.1 Å². The van der Waals surface area contributed by atoms with Crippen molar-refractivity contribution >= 4 is 6.29 Å². The predicted octanol–water partition coefficient (Wildman–Crippen LogP) is 1.05. The van der Waals surface area contributed by atoms with Crippen LogP contribution in [0, 0.1) is 0 Å². The molecule has 2 heteroatoms. The van der Waals surface area contributed by atoms with E-state index in [0.29, 0.717) is 0 Å². The molecule has 1 aliphatic rings. The summed E-state index contributed by atoms with van der Waals surface area (Å²) in [6.45, 7) is 1.83. The molecular formula is C8H12O2. The molecule has 1 atom stereocenters. The van der Waals surface area contributed by atoms with Crippen LogP contribution in [0.15, 0.2) is 11.1 Å². The van der Waals surface area contributed by atoms with E-state index in [4.69, 9.17) is 0 Å². The number of hydrogen-bond donors (Lipinski definition) is 1. The molecule has 0 fully saturated rings. The van der Waals surface area contributed by atoms with Crippen LogP contribution in [-0.4, -0.2) is 17.5 Å². The molecule has 1 unspecified atom stereocenters. The van der Waals surface area contributed by atoms with Gasteiger partial charge < -0.3 is 5.11 Å². The highest BCUT2D eigenvalue weighted by atomic mass is 16.3. The number of aliphatic hydroxyl groups excluding tert-OH is 1. The lowest BCUT2D eigenvalue weighted by atomic mass is 9.91. The van der Waals surface area contributed by atoms with E-state index in [2.05, 4.69) is 0 Å². The molecule has 0 saturated heterocycles. The first-order valence-corrected chi connectivity index (χ1v) is 3.58. The molecule has 0 aromatic rings. The van der Waals surface area contributed by atoms with Crippen LogP contribution in [0.4, 0.5) is 0 Å². The highest BCUT2D eigenvalue weighted by Crippen LogP contribution is 2.22. The van der Waals surface area contributed by atoms with E-state index < -0.39 is 0 Å². The van der Waals surface area contributed by atoms with E-state index in [1.807, 2.05) is 6.92 Å². The Balaban J connectivity index is 2.81. The van der Waals surface area contributed by atoms with Gasteiger partial charge in [0.15, 0.2) is 0 Å². The first kappa shape index (κ1) is 7.48. The van der Waals surface area contributed by atoms with Gasteiger partial charge in [0.1, 0.15) is 6.29 Å². The Hall–Kier alpha value is -0.630. The Labute approximate surface area is 60.6 Å². The first-order chi connectivity index (χ1) is 4.75. The summed E-state index contributed by atoms with van der Waals surface area (Å²) in [6, 6.07) is 0. The number of aldehydes is 1. The highest BCUT2D eigenvalue weighted by Gasteiger charge is 2.16. The van der Waals surface area contributed by atoms with Crippen LogP contribution in [0.1, 0.15) is 26.2 Å². The predicted molar refractivity (Wildman–Crippen MR) is 38.6 cm³/mol. The van der Waals surface area contributed by atoms with Gasteiger partial charge in [-0.05, 0) is 37.3 Å². The molecule has 0 aliphatic heterocycles. The lowest BCUT2D eigenvalue weighted by molar-refractivity contribution is -0.105. The van der Waals surface area contributed by atoms with E-state index in [0.717, 1.165) is 36.7 Å². The molecular weight excluding hydrogens is 128 g/mol. The molecule has 56 valence electrons. The molecule has 0 aromatic carbocycles. The SMILES string of the molecule is CC1=C(C=O)CCCC1O. The van der Waals surface area contributed by atoms with Crippen molar-refractivity contribution in [2.75, 3.05) is 0 Å². The molecule has 0 radical (unpaired) electrons. The van der Waals surface area contributed by atoms with Crippen molar-refractivity contribution in [2.45, 2.75) is 32.3 Å². The number of rotatable bonds is 1. The van der Waals surface area contributed by atoms with Crippen molar-refractivity contribution in [1.29, 1.82) is 0 Å². The zero-order chi connectivity index (χ0) is 7.56. The number of hydrogen-bond acceptors (Lipinski definition) is 2. The topological polar surface area (TPSA) is 37.3 Å². The van der Waals surface area contributed by atoms with Crippen LogP contribution in [0.2, 0.25) is 0 Å². The van der Waals surface area contributed by atoms with Gasteiger partial charge in [0.05, 0.1) is 6.10 Å². The Kier molecular flexibility index (Phi) is 2.22. The molecule has 10 heavy (non-hydrogen) atoms. The molecule has 0 amide bonds. The smallest absolute Gasteiger partial charge is 0.146 e. The fourth-order valence-corrected chi connectivity index (χ4v) is 1.27. The molecule has 0 aromatic heterocycles. The van der Waals surface area contributed by atoms with Crippen molar-refractivity contribution < 1.29 is 9.90 Å². The van der Waals surface area contributed by atoms with Crippen LogP contribution < -0.4 is 0 Å². The number of carbonyl (C=O) groups is 1. The van der Waals surface area contributed by atoms with E-state index in [1.165, 1.54) is 0 Å². The number of carbonyl (C=O) groups excluding carboxylic acids is 1. The molecule has 0 bridgehead atoms. The molecule has 1 N–H and O–H groups in total. The van der Waals surface area contributed by atoms with Gasteiger partial charge in [0.2, 0.25) is 0 Å². The Morgan fingerprint density at radius 3 is 2.90 bits per heavy atom. The summed E-state index contributed by atoms with van der Waals surface area (Å²) in [6.07, 6.45) is 3.08. The van der Waals surface area contributed by atoms with Gasteiger partial charge in [-0.1, -0.05) is 0 Å². The normalized spacial score (nSPS) is 26.8. The zero-order valence-electron chi connectivity index (χ0n) is 6.13. The summed E-state index contributed by atoms with van der Waals surface area (Å²) in [5.41, 5.74) is 1.65. The Morgan fingerprint density at radius 1 is 1.70 bits per heavy atom. The quantitative estimate of drug-likeness (QED) is 0.553. The molecule has 1 rings (SSSR count). The van der Waals surface area contributed by atoms with Crippen molar-refractivity contribution in [3.8, 4) is 0 Å². The van der Waals surface area contributed by atoms with Gasteiger partial charge in [-0.2, -0.15) is 0 Å². The average molecular weight is 140 g/mol. The maximum atomic E-state index is 10.3. The lowest BCUT2D eigenvalue weighted by Crippen LogP contribution is -2.15. The maximum Gasteiger partial charge on any atom is 0.146 e. The van der Waals surface area contributed by atoms with Gasteiger partial charge in [0, 0.05) is 0 Å². The average Bonchev–Trinajstić information content (AvgIpc) is 1.95. The second-order valence-electron chi connectivity index (χ2n) is 2.73. The van der Waals surface area contributed by atoms with Gasteiger partial charge in [0.25, 0.3) is 0 Å². The largest absolute Gasteiger partial charge is 0.389 e. The molecule has 0 heterocycles. The second-order valence-corrected chi connectivity index (χ2v) is 2.73.